The number of hydrogen-bond acceptors (Lipinski definition) is 6. The van der Waals surface area contributed by atoms with Gasteiger partial charge in [-0.25, -0.2) is 0 Å². The molecule has 0 amide bonds. The highest BCUT2D eigenvalue weighted by atomic mass is 15.0. The fourth-order valence-electron chi connectivity index (χ4n) is 6.86. The van der Waals surface area contributed by atoms with E-state index in [1.165, 1.54) is 44.3 Å². The zero-order valence-corrected chi connectivity index (χ0v) is 33.2. The Labute approximate surface area is 322 Å². The second kappa shape index (κ2) is 19.0. The zero-order chi connectivity index (χ0) is 38.5. The van der Waals surface area contributed by atoms with Crippen LogP contribution in [-0.4, -0.2) is 42.0 Å². The van der Waals surface area contributed by atoms with Gasteiger partial charge < -0.3 is 30.4 Å². The molecule has 6 rings (SSSR count). The van der Waals surface area contributed by atoms with E-state index in [4.69, 9.17) is 5.26 Å². The van der Waals surface area contributed by atoms with Crippen molar-refractivity contribution < 1.29 is 0 Å². The lowest BCUT2D eigenvalue weighted by Crippen LogP contribution is -2.24. The van der Waals surface area contributed by atoms with Crippen molar-refractivity contribution in [3.63, 3.8) is 0 Å². The van der Waals surface area contributed by atoms with E-state index in [0.717, 1.165) is 74.5 Å². The summed E-state index contributed by atoms with van der Waals surface area (Å²) in [6.07, 6.45) is 9.56. The number of nitrogens with one attached hydrogen (secondary N) is 4. The number of aliphatic imine (C=N–C) groups is 1. The Kier molecular flexibility index (Phi) is 14.0. The van der Waals surface area contributed by atoms with Crippen LogP contribution in [0.1, 0.15) is 82.8 Å². The second-order valence-electron chi connectivity index (χ2n) is 14.7. The minimum absolute atomic E-state index is 0.155. The molecule has 54 heavy (non-hydrogen) atoms. The van der Waals surface area contributed by atoms with Gasteiger partial charge in [-0.1, -0.05) is 44.7 Å². The maximum atomic E-state index is 8.88. The molecule has 0 unspecified atom stereocenters. The summed E-state index contributed by atoms with van der Waals surface area (Å²) < 4.78 is 4.54. The van der Waals surface area contributed by atoms with Crippen LogP contribution in [0.4, 0.5) is 0 Å². The number of aromatic nitrogens is 2. The van der Waals surface area contributed by atoms with E-state index in [0.29, 0.717) is 13.1 Å². The first kappa shape index (κ1) is 39.7. The van der Waals surface area contributed by atoms with Gasteiger partial charge in [0.05, 0.1) is 30.5 Å². The molecule has 1 aliphatic heterocycles. The second-order valence-corrected chi connectivity index (χ2v) is 14.7. The van der Waals surface area contributed by atoms with Crippen LogP contribution in [0, 0.1) is 40.4 Å². The molecule has 0 bridgehead atoms. The predicted octanol–water partition coefficient (Wildman–Crippen LogP) is 7.89. The van der Waals surface area contributed by atoms with Crippen molar-refractivity contribution in [2.24, 2.45) is 10.4 Å². The van der Waals surface area contributed by atoms with E-state index in [-0.39, 0.29) is 5.41 Å². The Morgan fingerprint density at radius 3 is 1.67 bits per heavy atom. The Morgan fingerprint density at radius 2 is 1.24 bits per heavy atom. The first-order valence-electron chi connectivity index (χ1n) is 19.2. The van der Waals surface area contributed by atoms with Crippen molar-refractivity contribution in [3.05, 3.63) is 106 Å². The molecule has 2 aliphatic rings. The van der Waals surface area contributed by atoms with Gasteiger partial charge >= 0.3 is 0 Å². The Bertz CT molecular complexity index is 2240. The average molecular weight is 721 g/mol. The van der Waals surface area contributed by atoms with Crippen LogP contribution in [0.25, 0.3) is 21.8 Å². The molecule has 0 saturated heterocycles. The highest BCUT2D eigenvalue weighted by molar-refractivity contribution is 5.90. The summed E-state index contributed by atoms with van der Waals surface area (Å²) >= 11 is 0. The van der Waals surface area contributed by atoms with E-state index in [2.05, 4.69) is 148 Å². The molecule has 4 N–H and O–H groups in total. The molecular formula is C46H56N8. The van der Waals surface area contributed by atoms with Gasteiger partial charge in [-0.2, -0.15) is 5.26 Å². The predicted molar refractivity (Wildman–Crippen MR) is 226 cm³/mol. The normalized spacial score (nSPS) is 13.9. The van der Waals surface area contributed by atoms with Crippen molar-refractivity contribution in [1.82, 2.24) is 30.4 Å². The van der Waals surface area contributed by atoms with Gasteiger partial charge in [0.15, 0.2) is 0 Å². The number of aryl methyl sites for hydroxylation is 2. The molecule has 0 atom stereocenters. The van der Waals surface area contributed by atoms with Gasteiger partial charge in [0.1, 0.15) is 0 Å². The fraction of sp³-hybridized carbons (Fsp3) is 0.391. The van der Waals surface area contributed by atoms with E-state index in [9.17, 15) is 0 Å². The molecule has 0 fully saturated rings. The van der Waals surface area contributed by atoms with Gasteiger partial charge in [-0.15, -0.1) is 0 Å². The minimum Gasteiger partial charge on any atom is -0.377 e. The zero-order valence-electron chi connectivity index (χ0n) is 33.2. The number of nitrogens with zero attached hydrogens (tertiary/aromatic N) is 4. The molecule has 8 heteroatoms. The quantitative estimate of drug-likeness (QED) is 0.125. The van der Waals surface area contributed by atoms with Gasteiger partial charge in [0, 0.05) is 82.3 Å². The number of rotatable bonds is 10. The van der Waals surface area contributed by atoms with Crippen molar-refractivity contribution in [2.75, 3.05) is 27.2 Å². The summed E-state index contributed by atoms with van der Waals surface area (Å²) in [5, 5.41) is 24.5. The highest BCUT2D eigenvalue weighted by Crippen LogP contribution is 2.25. The first-order chi connectivity index (χ1) is 26.2. The molecule has 8 nitrogen and oxygen atoms in total. The summed E-state index contributed by atoms with van der Waals surface area (Å²) in [4.78, 5) is 4.63. The van der Waals surface area contributed by atoms with Crippen molar-refractivity contribution in [2.45, 2.75) is 86.5 Å². The number of allylic oxidation sites excluding steroid dienone is 5. The average Bonchev–Trinajstić information content (AvgIpc) is 3.71. The van der Waals surface area contributed by atoms with Crippen molar-refractivity contribution in [3.8, 4) is 29.8 Å². The highest BCUT2D eigenvalue weighted by Gasteiger charge is 2.20. The van der Waals surface area contributed by atoms with Crippen LogP contribution in [0.2, 0.25) is 0 Å². The molecule has 1 aliphatic carbocycles. The van der Waals surface area contributed by atoms with Crippen LogP contribution < -0.4 is 21.3 Å². The Balaban J connectivity index is 0.000000208. The molecule has 2 aromatic heterocycles. The first-order valence-corrected chi connectivity index (χ1v) is 19.2. The topological polar surface area (TPSA) is 94.1 Å². The maximum Gasteiger partial charge on any atom is 0.0947 e. The van der Waals surface area contributed by atoms with Gasteiger partial charge in [0.2, 0.25) is 0 Å². The van der Waals surface area contributed by atoms with Crippen LogP contribution >= 0.6 is 0 Å². The van der Waals surface area contributed by atoms with Gasteiger partial charge in [0.25, 0.3) is 0 Å². The van der Waals surface area contributed by atoms with Crippen LogP contribution in [0.5, 0.6) is 0 Å². The van der Waals surface area contributed by atoms with Crippen molar-refractivity contribution >= 4 is 27.5 Å². The largest absolute Gasteiger partial charge is 0.377 e. The lowest BCUT2D eigenvalue weighted by Gasteiger charge is -2.24. The van der Waals surface area contributed by atoms with E-state index < -0.39 is 0 Å². The third-order valence-corrected chi connectivity index (χ3v) is 9.73. The lowest BCUT2D eigenvalue weighted by atomic mass is 9.86. The lowest BCUT2D eigenvalue weighted by molar-refractivity contribution is 0.570. The third kappa shape index (κ3) is 10.4. The summed E-state index contributed by atoms with van der Waals surface area (Å²) in [5.41, 5.74) is 11.8. The van der Waals surface area contributed by atoms with Crippen LogP contribution in [-0.2, 0) is 26.2 Å². The minimum atomic E-state index is 0.155. The standard InChI is InChI=1S/C24H32N4.C22H24N4/c1-6-28-21(15-19-14-18(16-25-5)9-11-22(19)28)8-7-13-26-20-10-12-23(27-17-20)24(2,3)4;1-3-26-21(14-19-13-18(16-24-2)8-11-22(19)26)5-4-12-25-20-9-6-17(15-23)7-10-20/h9,11,14-15,17,25-26H,6,10,12-13,16H2,1-5H3;6,8-9,11,13-14,24-25H,3,7,10,12,16H2,1-2H3. The summed E-state index contributed by atoms with van der Waals surface area (Å²) in [5.74, 6) is 13.2. The van der Waals surface area contributed by atoms with E-state index in [1.807, 2.05) is 32.4 Å². The third-order valence-electron chi connectivity index (χ3n) is 9.73. The maximum absolute atomic E-state index is 8.88. The van der Waals surface area contributed by atoms with Crippen molar-refractivity contribution in [1.29, 1.82) is 5.26 Å². The summed E-state index contributed by atoms with van der Waals surface area (Å²) in [6, 6.07) is 19.8. The number of benzene rings is 2. The molecule has 0 spiro atoms. The smallest absolute Gasteiger partial charge is 0.0947 e. The Morgan fingerprint density at radius 1 is 0.704 bits per heavy atom. The van der Waals surface area contributed by atoms with Gasteiger partial charge in [-0.05, 0) is 125 Å². The molecule has 3 heterocycles. The van der Waals surface area contributed by atoms with Gasteiger partial charge in [-0.3, -0.25) is 4.99 Å². The Hall–Kier alpha value is -5.46. The molecule has 280 valence electrons. The fourth-order valence-corrected chi connectivity index (χ4v) is 6.86. The summed E-state index contributed by atoms with van der Waals surface area (Å²) in [7, 11) is 3.94. The SMILES string of the molecule is CCn1c(C#CCNC2=CC=C(C#N)CC2)cc2cc(CNC)ccc21.CCn1c(C#CCNC2=CN=C(C(C)(C)C)CC2)cc2cc(CNC)ccc21. The molecule has 0 saturated carbocycles. The van der Waals surface area contributed by atoms with Crippen LogP contribution in [0.3, 0.4) is 0 Å². The number of fused-ring (bicyclic) bond motifs is 2. The van der Waals surface area contributed by atoms with E-state index >= 15 is 0 Å². The van der Waals surface area contributed by atoms with Crippen LogP contribution in [0.15, 0.2) is 88.8 Å². The van der Waals surface area contributed by atoms with E-state index in [1.54, 1.807) is 0 Å². The number of hydrogen-bond donors (Lipinski definition) is 4. The molecular weight excluding hydrogens is 665 g/mol. The molecule has 4 aromatic rings. The molecule has 0 radical (unpaired) electrons. The number of nitriles is 1. The molecule has 2 aromatic carbocycles. The summed E-state index contributed by atoms with van der Waals surface area (Å²) in [6.45, 7) is 15.8. The monoisotopic (exact) mass is 720 g/mol.